The van der Waals surface area contributed by atoms with Gasteiger partial charge in [0.2, 0.25) is 5.91 Å². The number of rotatable bonds is 6. The van der Waals surface area contributed by atoms with Crippen LogP contribution in [0.2, 0.25) is 5.04 Å². The lowest BCUT2D eigenvalue weighted by molar-refractivity contribution is -0.172. The molecule has 5 nitrogen and oxygen atoms in total. The van der Waals surface area contributed by atoms with Crippen molar-refractivity contribution >= 4 is 21.6 Å². The van der Waals surface area contributed by atoms with E-state index < -0.39 is 16.0 Å². The fourth-order valence-corrected chi connectivity index (χ4v) is 2.96. The summed E-state index contributed by atoms with van der Waals surface area (Å²) < 4.78 is 11.0. The Kier molecular flexibility index (Phi) is 5.15. The Labute approximate surface area is 117 Å². The number of carbonyl (C=O) groups excluding carboxylic acids is 2. The van der Waals surface area contributed by atoms with E-state index in [1.165, 1.54) is 6.92 Å². The topological polar surface area (TPSA) is 64.6 Å². The third-order valence-electron chi connectivity index (χ3n) is 3.99. The normalized spacial score (nSPS) is 25.3. The molecule has 1 rings (SSSR count). The van der Waals surface area contributed by atoms with Gasteiger partial charge in [-0.05, 0) is 17.9 Å². The van der Waals surface area contributed by atoms with Crippen LogP contribution in [-0.4, -0.2) is 34.0 Å². The molecule has 6 heteroatoms. The quantitative estimate of drug-likeness (QED) is 0.449. The first-order valence-electron chi connectivity index (χ1n) is 6.74. The number of esters is 1. The van der Waals surface area contributed by atoms with Gasteiger partial charge in [0, 0.05) is 6.92 Å². The molecule has 3 atom stereocenters. The summed E-state index contributed by atoms with van der Waals surface area (Å²) in [6.45, 7) is 12.0. The van der Waals surface area contributed by atoms with Gasteiger partial charge in [-0.3, -0.25) is 9.59 Å². The van der Waals surface area contributed by atoms with E-state index in [1.54, 1.807) is 0 Å². The monoisotopic (exact) mass is 287 g/mol. The predicted octanol–water partition coefficient (Wildman–Crippen LogP) is 0.965. The molecule has 1 N–H and O–H groups in total. The summed E-state index contributed by atoms with van der Waals surface area (Å²) in [5.41, 5.74) is 0. The average Bonchev–Trinajstić information content (AvgIpc) is 2.24. The average molecular weight is 287 g/mol. The molecule has 1 amide bonds. The molecule has 1 aliphatic heterocycles. The number of β-lactam (4-membered cyclic amide) rings is 1. The standard InChI is InChI=1S/C13H25NO4Si/c1-7(2)13(5,6)19-18-8(3)10-11(16)14-12(10)17-9(4)15/h7-8,10,12H,19H2,1-6H3,(H,14,16)/t8?,10?,12-/m1/s1. The fraction of sp³-hybridized carbons (Fsp3) is 0.846. The summed E-state index contributed by atoms with van der Waals surface area (Å²) in [5, 5.41) is 2.76. The van der Waals surface area contributed by atoms with Crippen molar-refractivity contribution in [2.24, 2.45) is 11.8 Å². The molecule has 0 aliphatic carbocycles. The van der Waals surface area contributed by atoms with E-state index in [0.717, 1.165) is 0 Å². The minimum atomic E-state index is -0.767. The zero-order valence-corrected chi connectivity index (χ0v) is 14.1. The van der Waals surface area contributed by atoms with Crippen LogP contribution in [0.15, 0.2) is 0 Å². The molecule has 1 fully saturated rings. The number of ether oxygens (including phenoxy) is 1. The first kappa shape index (κ1) is 16.2. The Hall–Kier alpha value is -0.883. The summed E-state index contributed by atoms with van der Waals surface area (Å²) in [4.78, 5) is 22.5. The third kappa shape index (κ3) is 4.04. The summed E-state index contributed by atoms with van der Waals surface area (Å²) in [7, 11) is -0.767. The van der Waals surface area contributed by atoms with Gasteiger partial charge in [0.15, 0.2) is 16.0 Å². The fourth-order valence-electron chi connectivity index (χ4n) is 1.72. The SMILES string of the molecule is CC(=O)O[C@H]1NC(=O)C1C(C)O[SiH2]C(C)(C)C(C)C. The van der Waals surface area contributed by atoms with E-state index >= 15 is 0 Å². The summed E-state index contributed by atoms with van der Waals surface area (Å²) >= 11 is 0. The molecule has 0 saturated carbocycles. The summed E-state index contributed by atoms with van der Waals surface area (Å²) in [6, 6.07) is 0. The van der Waals surface area contributed by atoms with Gasteiger partial charge in [-0.25, -0.2) is 0 Å². The molecule has 0 bridgehead atoms. The van der Waals surface area contributed by atoms with E-state index in [0.29, 0.717) is 5.92 Å². The number of hydrogen-bond acceptors (Lipinski definition) is 4. The minimum Gasteiger partial charge on any atom is -0.441 e. The van der Waals surface area contributed by atoms with E-state index in [4.69, 9.17) is 9.16 Å². The largest absolute Gasteiger partial charge is 0.441 e. The molecule has 0 spiro atoms. The molecular weight excluding hydrogens is 262 g/mol. The number of amides is 1. The predicted molar refractivity (Wildman–Crippen MR) is 75.2 cm³/mol. The lowest BCUT2D eigenvalue weighted by atomic mass is 9.93. The molecule has 0 aromatic heterocycles. The van der Waals surface area contributed by atoms with Crippen LogP contribution in [0.3, 0.4) is 0 Å². The Bertz CT molecular complexity index is 357. The van der Waals surface area contributed by atoms with Crippen LogP contribution >= 0.6 is 0 Å². The van der Waals surface area contributed by atoms with Crippen LogP contribution < -0.4 is 5.32 Å². The molecule has 1 heterocycles. The van der Waals surface area contributed by atoms with Gasteiger partial charge >= 0.3 is 5.97 Å². The first-order valence-corrected chi connectivity index (χ1v) is 8.03. The van der Waals surface area contributed by atoms with E-state index in [1.807, 2.05) is 6.92 Å². The number of carbonyl (C=O) groups is 2. The van der Waals surface area contributed by atoms with Gasteiger partial charge in [-0.2, -0.15) is 0 Å². The van der Waals surface area contributed by atoms with Crippen molar-refractivity contribution in [1.29, 1.82) is 0 Å². The van der Waals surface area contributed by atoms with Crippen molar-refractivity contribution in [2.45, 2.75) is 58.9 Å². The van der Waals surface area contributed by atoms with Gasteiger partial charge in [-0.15, -0.1) is 0 Å². The van der Waals surface area contributed by atoms with Crippen LogP contribution in [0.1, 0.15) is 41.5 Å². The van der Waals surface area contributed by atoms with E-state index in [9.17, 15) is 9.59 Å². The highest BCUT2D eigenvalue weighted by Crippen LogP contribution is 2.34. The minimum absolute atomic E-state index is 0.102. The Balaban J connectivity index is 2.50. The zero-order chi connectivity index (χ0) is 14.8. The number of hydrogen-bond donors (Lipinski definition) is 1. The highest BCUT2D eigenvalue weighted by Gasteiger charge is 2.46. The molecule has 1 aliphatic rings. The van der Waals surface area contributed by atoms with E-state index in [-0.39, 0.29) is 28.9 Å². The van der Waals surface area contributed by atoms with Crippen molar-refractivity contribution in [3.05, 3.63) is 0 Å². The molecule has 2 unspecified atom stereocenters. The molecule has 0 aromatic carbocycles. The zero-order valence-electron chi connectivity index (χ0n) is 12.6. The van der Waals surface area contributed by atoms with Crippen LogP contribution in [0.5, 0.6) is 0 Å². The lowest BCUT2D eigenvalue weighted by Gasteiger charge is -2.40. The Morgan fingerprint density at radius 2 is 1.95 bits per heavy atom. The van der Waals surface area contributed by atoms with Gasteiger partial charge in [0.05, 0.1) is 6.10 Å². The lowest BCUT2D eigenvalue weighted by Crippen LogP contribution is -2.64. The summed E-state index contributed by atoms with van der Waals surface area (Å²) in [5.74, 6) is -0.317. The molecule has 0 aromatic rings. The van der Waals surface area contributed by atoms with Crippen molar-refractivity contribution in [3.63, 3.8) is 0 Å². The van der Waals surface area contributed by atoms with Gasteiger partial charge in [0.25, 0.3) is 0 Å². The molecular formula is C13H25NO4Si. The first-order chi connectivity index (χ1) is 8.65. The second kappa shape index (κ2) is 6.05. The van der Waals surface area contributed by atoms with Crippen LogP contribution in [0.4, 0.5) is 0 Å². The van der Waals surface area contributed by atoms with Gasteiger partial charge in [-0.1, -0.05) is 27.7 Å². The highest BCUT2D eigenvalue weighted by molar-refractivity contribution is 6.32. The second-order valence-corrected chi connectivity index (χ2v) is 8.67. The van der Waals surface area contributed by atoms with Gasteiger partial charge < -0.3 is 14.5 Å². The van der Waals surface area contributed by atoms with Crippen molar-refractivity contribution in [3.8, 4) is 0 Å². The highest BCUT2D eigenvalue weighted by atomic mass is 28.2. The molecule has 19 heavy (non-hydrogen) atoms. The maximum absolute atomic E-state index is 11.6. The molecule has 0 radical (unpaired) electrons. The van der Waals surface area contributed by atoms with Crippen LogP contribution in [-0.2, 0) is 18.8 Å². The third-order valence-corrected chi connectivity index (χ3v) is 6.25. The Morgan fingerprint density at radius 3 is 2.37 bits per heavy atom. The van der Waals surface area contributed by atoms with Crippen molar-refractivity contribution < 1.29 is 18.8 Å². The maximum Gasteiger partial charge on any atom is 0.304 e. The maximum atomic E-state index is 11.6. The summed E-state index contributed by atoms with van der Waals surface area (Å²) in [6.07, 6.45) is -0.737. The second-order valence-electron chi connectivity index (χ2n) is 6.22. The smallest absolute Gasteiger partial charge is 0.304 e. The Morgan fingerprint density at radius 1 is 1.37 bits per heavy atom. The number of nitrogens with one attached hydrogen (secondary N) is 1. The van der Waals surface area contributed by atoms with Crippen LogP contribution in [0.25, 0.3) is 0 Å². The molecule has 110 valence electrons. The van der Waals surface area contributed by atoms with Gasteiger partial charge in [0.1, 0.15) is 5.92 Å². The molecule has 1 saturated heterocycles. The van der Waals surface area contributed by atoms with Crippen molar-refractivity contribution in [2.75, 3.05) is 0 Å². The van der Waals surface area contributed by atoms with E-state index in [2.05, 4.69) is 33.0 Å². The van der Waals surface area contributed by atoms with Crippen LogP contribution in [0, 0.1) is 11.8 Å². The van der Waals surface area contributed by atoms with Crippen molar-refractivity contribution in [1.82, 2.24) is 5.32 Å².